The normalized spacial score (nSPS) is 16.8. The van der Waals surface area contributed by atoms with Crippen LogP contribution in [0.4, 0.5) is 13.2 Å². The molecule has 44 heavy (non-hydrogen) atoms. The van der Waals surface area contributed by atoms with E-state index in [-0.39, 0.29) is 30.2 Å². The van der Waals surface area contributed by atoms with Gasteiger partial charge in [-0.15, -0.1) is 0 Å². The fraction of sp³-hybridized carbons (Fsp3) is 0.312. The first-order chi connectivity index (χ1) is 21.2. The number of hydrogen-bond donors (Lipinski definition) is 1. The van der Waals surface area contributed by atoms with Gasteiger partial charge in [0.15, 0.2) is 23.1 Å². The van der Waals surface area contributed by atoms with E-state index in [4.69, 9.17) is 14.7 Å². The lowest BCUT2D eigenvalue weighted by atomic mass is 9.90. The molecule has 4 aromatic rings. The maximum absolute atomic E-state index is 14.8. The number of carbonyl (C=O) groups excluding carboxylic acids is 2. The van der Waals surface area contributed by atoms with Crippen molar-refractivity contribution in [3.8, 4) is 16.9 Å². The summed E-state index contributed by atoms with van der Waals surface area (Å²) in [5.41, 5.74) is 2.83. The molecule has 1 fully saturated rings. The van der Waals surface area contributed by atoms with Crippen LogP contribution in [0, 0.1) is 30.3 Å². The number of carbonyl (C=O) groups is 2. The Morgan fingerprint density at radius 3 is 2.52 bits per heavy atom. The van der Waals surface area contributed by atoms with Crippen molar-refractivity contribution in [3.05, 3.63) is 101 Å². The molecule has 0 spiro atoms. The summed E-state index contributed by atoms with van der Waals surface area (Å²) >= 11 is 0. The molecule has 12 heteroatoms. The number of rotatable bonds is 11. The summed E-state index contributed by atoms with van der Waals surface area (Å²) in [4.78, 5) is 35.7. The third-order valence-electron chi connectivity index (χ3n) is 7.60. The van der Waals surface area contributed by atoms with Crippen molar-refractivity contribution in [3.63, 3.8) is 0 Å². The number of ether oxygens (including phenoxy) is 1. The van der Waals surface area contributed by atoms with Gasteiger partial charge in [0, 0.05) is 57.8 Å². The number of benzene rings is 2. The lowest BCUT2D eigenvalue weighted by Gasteiger charge is -2.18. The molecule has 0 unspecified atom stereocenters. The highest BCUT2D eigenvalue weighted by Crippen LogP contribution is 2.37. The minimum atomic E-state index is -0.990. The average Bonchev–Trinajstić information content (AvgIpc) is 3.57. The molecule has 1 saturated heterocycles. The van der Waals surface area contributed by atoms with Crippen LogP contribution in [0.1, 0.15) is 39.8 Å². The number of nitrogens with zero attached hydrogens (tertiary/aromatic N) is 4. The monoisotopic (exact) mass is 607 g/mol. The minimum absolute atomic E-state index is 0.000960. The third kappa shape index (κ3) is 6.57. The standard InChI is InChI=1S/C32H32F3N5O4/c1-19-28(16-24(41)13-22-18-39(11-12-43-3)44-31(22)20-9-10-25(33)26(34)14-20)40(23-7-5-4-6-8-23)38-29(19)21-15-27(35)30(37-17-21)32(42)36-2/h4-10,14-15,17,22,31H,11-13,16,18H2,1-3H3,(H,36,42)/t22-,31+/m1/s1. The average molecular weight is 608 g/mol. The van der Waals surface area contributed by atoms with Crippen LogP contribution in [-0.2, 0) is 20.8 Å². The molecule has 0 bridgehead atoms. The van der Waals surface area contributed by atoms with Gasteiger partial charge in [-0.3, -0.25) is 14.4 Å². The van der Waals surface area contributed by atoms with Crippen LogP contribution in [0.5, 0.6) is 0 Å². The second-order valence-corrected chi connectivity index (χ2v) is 10.6. The number of methoxy groups -OCH3 is 1. The Hall–Kier alpha value is -4.39. The first-order valence-electron chi connectivity index (χ1n) is 14.1. The van der Waals surface area contributed by atoms with Crippen LogP contribution in [0.2, 0.25) is 0 Å². The number of aromatic nitrogens is 3. The van der Waals surface area contributed by atoms with Crippen molar-refractivity contribution in [2.45, 2.75) is 25.9 Å². The number of nitrogens with one attached hydrogen (secondary N) is 1. The molecule has 0 radical (unpaired) electrons. The molecule has 2 aromatic heterocycles. The van der Waals surface area contributed by atoms with Gasteiger partial charge in [0.2, 0.25) is 0 Å². The highest BCUT2D eigenvalue weighted by Gasteiger charge is 2.37. The summed E-state index contributed by atoms with van der Waals surface area (Å²) in [5, 5.41) is 8.76. The Balaban J connectivity index is 1.45. The Morgan fingerprint density at radius 2 is 1.84 bits per heavy atom. The summed E-state index contributed by atoms with van der Waals surface area (Å²) in [7, 11) is 2.96. The first kappa shape index (κ1) is 31.0. The summed E-state index contributed by atoms with van der Waals surface area (Å²) < 4.78 is 49.4. The van der Waals surface area contributed by atoms with E-state index in [9.17, 15) is 22.8 Å². The van der Waals surface area contributed by atoms with Crippen molar-refractivity contribution < 1.29 is 32.3 Å². The van der Waals surface area contributed by atoms with Crippen LogP contribution in [0.15, 0.2) is 60.8 Å². The van der Waals surface area contributed by atoms with Gasteiger partial charge in [-0.1, -0.05) is 24.3 Å². The Bertz CT molecular complexity index is 1660. The second-order valence-electron chi connectivity index (χ2n) is 10.6. The zero-order chi connectivity index (χ0) is 31.4. The first-order valence-corrected chi connectivity index (χ1v) is 14.1. The highest BCUT2D eigenvalue weighted by molar-refractivity contribution is 5.92. The van der Waals surface area contributed by atoms with E-state index in [1.54, 1.807) is 23.8 Å². The van der Waals surface area contributed by atoms with E-state index in [0.29, 0.717) is 53.5 Å². The van der Waals surface area contributed by atoms with Crippen molar-refractivity contribution in [1.29, 1.82) is 0 Å². The van der Waals surface area contributed by atoms with E-state index >= 15 is 0 Å². The molecule has 3 heterocycles. The van der Waals surface area contributed by atoms with Crippen molar-refractivity contribution in [1.82, 2.24) is 25.1 Å². The second kappa shape index (κ2) is 13.5. The molecule has 0 saturated carbocycles. The molecule has 9 nitrogen and oxygen atoms in total. The molecular formula is C32H32F3N5O4. The number of halogens is 3. The molecular weight excluding hydrogens is 575 g/mol. The summed E-state index contributed by atoms with van der Waals surface area (Å²) in [6.45, 7) is 3.02. The van der Waals surface area contributed by atoms with Gasteiger partial charge < -0.3 is 10.1 Å². The van der Waals surface area contributed by atoms with Crippen molar-refractivity contribution in [2.24, 2.45) is 5.92 Å². The van der Waals surface area contributed by atoms with Gasteiger partial charge >= 0.3 is 0 Å². The number of para-hydroxylation sites is 1. The van der Waals surface area contributed by atoms with Gasteiger partial charge in [-0.2, -0.15) is 10.2 Å². The van der Waals surface area contributed by atoms with Gasteiger partial charge in [-0.25, -0.2) is 22.8 Å². The maximum Gasteiger partial charge on any atom is 0.272 e. The molecule has 2 atom stereocenters. The number of pyridine rings is 1. The van der Waals surface area contributed by atoms with Crippen LogP contribution >= 0.6 is 0 Å². The molecule has 0 aliphatic carbocycles. The van der Waals surface area contributed by atoms with Crippen LogP contribution in [-0.4, -0.2) is 65.4 Å². The molecule has 1 aliphatic heterocycles. The fourth-order valence-corrected chi connectivity index (χ4v) is 5.38. The smallest absolute Gasteiger partial charge is 0.272 e. The Labute approximate surface area is 252 Å². The van der Waals surface area contributed by atoms with Gasteiger partial charge in [0.05, 0.1) is 23.7 Å². The Kier molecular flexibility index (Phi) is 9.52. The van der Waals surface area contributed by atoms with E-state index in [0.717, 1.165) is 12.1 Å². The summed E-state index contributed by atoms with van der Waals surface area (Å²) in [5.74, 6) is -3.86. The summed E-state index contributed by atoms with van der Waals surface area (Å²) in [6.07, 6.45) is 0.813. The van der Waals surface area contributed by atoms with Crippen LogP contribution in [0.3, 0.4) is 0 Å². The predicted octanol–water partition coefficient (Wildman–Crippen LogP) is 4.77. The van der Waals surface area contributed by atoms with Crippen LogP contribution in [0.25, 0.3) is 16.9 Å². The molecule has 5 rings (SSSR count). The topological polar surface area (TPSA) is 98.6 Å². The fourth-order valence-electron chi connectivity index (χ4n) is 5.38. The predicted molar refractivity (Wildman–Crippen MR) is 155 cm³/mol. The molecule has 1 aliphatic rings. The maximum atomic E-state index is 14.8. The zero-order valence-electron chi connectivity index (χ0n) is 24.5. The van der Waals surface area contributed by atoms with E-state index in [2.05, 4.69) is 10.3 Å². The quantitative estimate of drug-likeness (QED) is 0.262. The Morgan fingerprint density at radius 1 is 1.07 bits per heavy atom. The van der Waals surface area contributed by atoms with Crippen LogP contribution < -0.4 is 5.32 Å². The lowest BCUT2D eigenvalue weighted by Crippen LogP contribution is -2.24. The highest BCUT2D eigenvalue weighted by atomic mass is 19.2. The van der Waals surface area contributed by atoms with Crippen molar-refractivity contribution in [2.75, 3.05) is 33.9 Å². The van der Waals surface area contributed by atoms with Gasteiger partial charge in [-0.05, 0) is 48.4 Å². The van der Waals surface area contributed by atoms with E-state index < -0.39 is 29.5 Å². The SMILES string of the molecule is CNC(=O)c1ncc(-c2nn(-c3ccccc3)c(CC(=O)C[C@@H]3CN(CCOC)O[C@H]3c3ccc(F)c(F)c3)c2C)cc1F. The van der Waals surface area contributed by atoms with Crippen molar-refractivity contribution >= 4 is 11.7 Å². The number of amides is 1. The number of Topliss-reactive ketones (excluding diaryl/α,β-unsaturated/α-hetero) is 1. The molecule has 1 N–H and O–H groups in total. The summed E-state index contributed by atoms with van der Waals surface area (Å²) in [6, 6.07) is 14.0. The molecule has 1 amide bonds. The third-order valence-corrected chi connectivity index (χ3v) is 7.60. The van der Waals surface area contributed by atoms with Gasteiger partial charge in [0.25, 0.3) is 5.91 Å². The van der Waals surface area contributed by atoms with E-state index in [1.165, 1.54) is 25.4 Å². The largest absolute Gasteiger partial charge is 0.383 e. The number of hydroxylamine groups is 2. The lowest BCUT2D eigenvalue weighted by molar-refractivity contribution is -0.155. The zero-order valence-corrected chi connectivity index (χ0v) is 24.5. The molecule has 230 valence electrons. The molecule has 2 aromatic carbocycles. The minimum Gasteiger partial charge on any atom is -0.383 e. The number of ketones is 1. The van der Waals surface area contributed by atoms with E-state index in [1.807, 2.05) is 30.3 Å². The van der Waals surface area contributed by atoms with Gasteiger partial charge in [0.1, 0.15) is 11.9 Å². The number of hydrogen-bond acceptors (Lipinski definition) is 7.